The van der Waals surface area contributed by atoms with Gasteiger partial charge in [-0.15, -0.1) is 0 Å². The zero-order valence-corrected chi connectivity index (χ0v) is 11.7. The summed E-state index contributed by atoms with van der Waals surface area (Å²) >= 11 is 0. The molecule has 1 saturated heterocycles. The van der Waals surface area contributed by atoms with Gasteiger partial charge in [-0.2, -0.15) is 0 Å². The standard InChI is InChI=1S/C13H25N.C2H6/c1-12-5-7-13(8-6-12)11-14-9-3-2-4-10-14;1-2/h12-13H,2-11H2,1H3;1-2H3. The van der Waals surface area contributed by atoms with Gasteiger partial charge in [0.1, 0.15) is 0 Å². The molecule has 0 unspecified atom stereocenters. The molecule has 96 valence electrons. The zero-order chi connectivity index (χ0) is 11.8. The molecule has 1 heteroatoms. The quantitative estimate of drug-likeness (QED) is 0.676. The minimum absolute atomic E-state index is 1.01. The molecule has 1 aliphatic heterocycles. The summed E-state index contributed by atoms with van der Waals surface area (Å²) in [7, 11) is 0. The molecule has 2 aliphatic rings. The summed E-state index contributed by atoms with van der Waals surface area (Å²) in [6.45, 7) is 10.6. The molecule has 0 bridgehead atoms. The Labute approximate surface area is 103 Å². The largest absolute Gasteiger partial charge is 0.303 e. The molecule has 0 aromatic heterocycles. The van der Waals surface area contributed by atoms with Crippen molar-refractivity contribution < 1.29 is 0 Å². The number of hydrogen-bond donors (Lipinski definition) is 0. The molecular weight excluding hydrogens is 194 g/mol. The number of likely N-dealkylation sites (tertiary alicyclic amines) is 1. The van der Waals surface area contributed by atoms with Crippen LogP contribution < -0.4 is 0 Å². The summed E-state index contributed by atoms with van der Waals surface area (Å²) in [4.78, 5) is 2.71. The van der Waals surface area contributed by atoms with Crippen LogP contribution in [0.1, 0.15) is 65.7 Å². The highest BCUT2D eigenvalue weighted by Gasteiger charge is 2.21. The van der Waals surface area contributed by atoms with Crippen molar-refractivity contribution >= 4 is 0 Å². The van der Waals surface area contributed by atoms with Crippen molar-refractivity contribution in [1.82, 2.24) is 4.90 Å². The van der Waals surface area contributed by atoms with Crippen molar-refractivity contribution in [3.05, 3.63) is 0 Å². The van der Waals surface area contributed by atoms with Crippen LogP contribution in [0.3, 0.4) is 0 Å². The number of rotatable bonds is 2. The fourth-order valence-electron chi connectivity index (χ4n) is 3.02. The van der Waals surface area contributed by atoms with Gasteiger partial charge >= 0.3 is 0 Å². The van der Waals surface area contributed by atoms with Crippen LogP contribution in [-0.4, -0.2) is 24.5 Å². The Hall–Kier alpha value is -0.0400. The zero-order valence-electron chi connectivity index (χ0n) is 11.7. The van der Waals surface area contributed by atoms with E-state index in [0.29, 0.717) is 0 Å². The summed E-state index contributed by atoms with van der Waals surface area (Å²) in [5.41, 5.74) is 0. The van der Waals surface area contributed by atoms with E-state index in [9.17, 15) is 0 Å². The van der Waals surface area contributed by atoms with E-state index < -0.39 is 0 Å². The topological polar surface area (TPSA) is 3.24 Å². The monoisotopic (exact) mass is 225 g/mol. The van der Waals surface area contributed by atoms with Gasteiger partial charge in [-0.05, 0) is 50.6 Å². The third-order valence-electron chi connectivity index (χ3n) is 4.10. The molecule has 16 heavy (non-hydrogen) atoms. The van der Waals surface area contributed by atoms with Gasteiger partial charge in [0.25, 0.3) is 0 Å². The van der Waals surface area contributed by atoms with Gasteiger partial charge in [-0.1, -0.05) is 40.0 Å². The molecule has 0 amide bonds. The lowest BCUT2D eigenvalue weighted by Gasteiger charge is -2.33. The van der Waals surface area contributed by atoms with E-state index in [1.54, 1.807) is 0 Å². The highest BCUT2D eigenvalue weighted by Crippen LogP contribution is 2.29. The van der Waals surface area contributed by atoms with E-state index in [2.05, 4.69) is 11.8 Å². The molecule has 2 fully saturated rings. The van der Waals surface area contributed by atoms with Crippen LogP contribution >= 0.6 is 0 Å². The summed E-state index contributed by atoms with van der Waals surface area (Å²) in [5, 5.41) is 0. The molecular formula is C15H31N. The molecule has 0 aromatic carbocycles. The molecule has 0 N–H and O–H groups in total. The fourth-order valence-corrected chi connectivity index (χ4v) is 3.02. The lowest BCUT2D eigenvalue weighted by atomic mass is 9.82. The predicted octanol–water partition coefficient (Wildman–Crippen LogP) is 4.32. The van der Waals surface area contributed by atoms with Crippen molar-refractivity contribution in [1.29, 1.82) is 0 Å². The molecule has 1 saturated carbocycles. The first-order valence-corrected chi connectivity index (χ1v) is 7.57. The van der Waals surface area contributed by atoms with Crippen molar-refractivity contribution in [2.24, 2.45) is 11.8 Å². The lowest BCUT2D eigenvalue weighted by molar-refractivity contribution is 0.162. The van der Waals surface area contributed by atoms with Crippen molar-refractivity contribution in [3.8, 4) is 0 Å². The second kappa shape index (κ2) is 8.11. The van der Waals surface area contributed by atoms with Gasteiger partial charge < -0.3 is 4.90 Å². The van der Waals surface area contributed by atoms with E-state index in [0.717, 1.165) is 11.8 Å². The normalized spacial score (nSPS) is 31.7. The second-order valence-electron chi connectivity index (χ2n) is 5.49. The molecule has 0 radical (unpaired) electrons. The summed E-state index contributed by atoms with van der Waals surface area (Å²) in [5.74, 6) is 2.04. The van der Waals surface area contributed by atoms with Crippen LogP contribution in [0, 0.1) is 11.8 Å². The number of nitrogens with zero attached hydrogens (tertiary/aromatic N) is 1. The van der Waals surface area contributed by atoms with E-state index >= 15 is 0 Å². The van der Waals surface area contributed by atoms with Gasteiger partial charge in [-0.25, -0.2) is 0 Å². The Bertz CT molecular complexity index is 153. The maximum atomic E-state index is 2.71. The smallest absolute Gasteiger partial charge is 0.000966 e. The molecule has 1 heterocycles. The third kappa shape index (κ3) is 4.86. The number of piperidine rings is 1. The molecule has 1 aliphatic carbocycles. The minimum atomic E-state index is 1.01. The van der Waals surface area contributed by atoms with Gasteiger partial charge in [0.2, 0.25) is 0 Å². The Morgan fingerprint density at radius 1 is 0.875 bits per heavy atom. The van der Waals surface area contributed by atoms with E-state index in [1.165, 1.54) is 64.6 Å². The van der Waals surface area contributed by atoms with Gasteiger partial charge in [-0.3, -0.25) is 0 Å². The van der Waals surface area contributed by atoms with Crippen LogP contribution in [0.15, 0.2) is 0 Å². The maximum Gasteiger partial charge on any atom is 0.000966 e. The summed E-state index contributed by atoms with van der Waals surface area (Å²) in [6, 6.07) is 0. The highest BCUT2D eigenvalue weighted by atomic mass is 15.1. The van der Waals surface area contributed by atoms with Crippen molar-refractivity contribution in [2.45, 2.75) is 65.7 Å². The molecule has 0 spiro atoms. The van der Waals surface area contributed by atoms with Crippen LogP contribution in [-0.2, 0) is 0 Å². The van der Waals surface area contributed by atoms with E-state index in [1.807, 2.05) is 13.8 Å². The van der Waals surface area contributed by atoms with Crippen molar-refractivity contribution in [3.63, 3.8) is 0 Å². The Balaban J connectivity index is 0.000000606. The van der Waals surface area contributed by atoms with Gasteiger partial charge in [0.15, 0.2) is 0 Å². The summed E-state index contributed by atoms with van der Waals surface area (Å²) < 4.78 is 0. The average molecular weight is 225 g/mol. The molecule has 0 aromatic rings. The Kier molecular flexibility index (Phi) is 7.11. The van der Waals surface area contributed by atoms with Crippen LogP contribution in [0.5, 0.6) is 0 Å². The predicted molar refractivity (Wildman–Crippen MR) is 72.8 cm³/mol. The first-order valence-electron chi connectivity index (χ1n) is 7.57. The lowest BCUT2D eigenvalue weighted by Crippen LogP contribution is -2.35. The first kappa shape index (κ1) is 14.0. The van der Waals surface area contributed by atoms with Crippen LogP contribution in [0.25, 0.3) is 0 Å². The van der Waals surface area contributed by atoms with Crippen LogP contribution in [0.2, 0.25) is 0 Å². The minimum Gasteiger partial charge on any atom is -0.303 e. The van der Waals surface area contributed by atoms with E-state index in [4.69, 9.17) is 0 Å². The molecule has 1 nitrogen and oxygen atoms in total. The average Bonchev–Trinajstić information content (AvgIpc) is 2.36. The van der Waals surface area contributed by atoms with Gasteiger partial charge in [0.05, 0.1) is 0 Å². The first-order chi connectivity index (χ1) is 7.84. The Morgan fingerprint density at radius 3 is 2.00 bits per heavy atom. The molecule has 0 atom stereocenters. The van der Waals surface area contributed by atoms with Crippen LogP contribution in [0.4, 0.5) is 0 Å². The Morgan fingerprint density at radius 2 is 1.44 bits per heavy atom. The van der Waals surface area contributed by atoms with E-state index in [-0.39, 0.29) is 0 Å². The van der Waals surface area contributed by atoms with Gasteiger partial charge in [0, 0.05) is 6.54 Å². The fraction of sp³-hybridized carbons (Fsp3) is 1.00. The number of hydrogen-bond acceptors (Lipinski definition) is 1. The highest BCUT2D eigenvalue weighted by molar-refractivity contribution is 4.74. The SMILES string of the molecule is CC.CC1CCC(CN2CCCCC2)CC1. The van der Waals surface area contributed by atoms with Crippen molar-refractivity contribution in [2.75, 3.05) is 19.6 Å². The molecule has 2 rings (SSSR count). The maximum absolute atomic E-state index is 2.71. The summed E-state index contributed by atoms with van der Waals surface area (Å²) in [6.07, 6.45) is 10.3. The second-order valence-corrected chi connectivity index (χ2v) is 5.49. The third-order valence-corrected chi connectivity index (χ3v) is 4.10.